The fourth-order valence-corrected chi connectivity index (χ4v) is 2.12. The van der Waals surface area contributed by atoms with Gasteiger partial charge in [-0.15, -0.1) is 0 Å². The van der Waals surface area contributed by atoms with Crippen LogP contribution >= 0.6 is 0 Å². The van der Waals surface area contributed by atoms with Crippen LogP contribution in [0.4, 0.5) is 0 Å². The van der Waals surface area contributed by atoms with E-state index in [0.29, 0.717) is 12.2 Å². The summed E-state index contributed by atoms with van der Waals surface area (Å²) in [5, 5.41) is 9.29. The molecule has 0 unspecified atom stereocenters. The average molecular weight is 291 g/mol. The first-order chi connectivity index (χ1) is 10.6. The number of ketones is 1. The van der Waals surface area contributed by atoms with E-state index in [-0.39, 0.29) is 11.4 Å². The highest BCUT2D eigenvalue weighted by Gasteiger charge is 2.12. The normalized spacial score (nSPS) is 10.9. The quantitative estimate of drug-likeness (QED) is 0.471. The number of nitrogens with zero attached hydrogens (tertiary/aromatic N) is 1. The predicted octanol–water partition coefficient (Wildman–Crippen LogP) is 4.18. The number of hydrogen-bond acceptors (Lipinski definition) is 3. The molecule has 0 saturated carbocycles. The maximum atomic E-state index is 12.4. The van der Waals surface area contributed by atoms with E-state index in [0.717, 1.165) is 16.9 Å². The highest BCUT2D eigenvalue weighted by Crippen LogP contribution is 2.18. The maximum Gasteiger partial charge on any atom is 0.203 e. The molecule has 2 aromatic rings. The van der Waals surface area contributed by atoms with Crippen molar-refractivity contribution in [2.45, 2.75) is 13.8 Å². The van der Waals surface area contributed by atoms with Crippen molar-refractivity contribution in [2.75, 3.05) is 6.61 Å². The third-order valence-corrected chi connectivity index (χ3v) is 3.13. The van der Waals surface area contributed by atoms with Crippen molar-refractivity contribution < 1.29 is 9.53 Å². The number of Topliss-reactive ketones (excluding diaryl/α,β-unsaturated/α-hetero) is 1. The lowest BCUT2D eigenvalue weighted by molar-refractivity contribution is 0.104. The van der Waals surface area contributed by atoms with Crippen LogP contribution in [0.3, 0.4) is 0 Å². The summed E-state index contributed by atoms with van der Waals surface area (Å²) in [5.74, 6) is 0.449. The van der Waals surface area contributed by atoms with E-state index < -0.39 is 0 Å². The summed E-state index contributed by atoms with van der Waals surface area (Å²) in [6.07, 6.45) is 1.59. The van der Waals surface area contributed by atoms with Gasteiger partial charge in [-0.1, -0.05) is 35.9 Å². The number of allylic oxidation sites excluding steroid dienone is 1. The third-order valence-electron chi connectivity index (χ3n) is 3.13. The van der Waals surface area contributed by atoms with Crippen molar-refractivity contribution in [3.05, 3.63) is 70.8 Å². The fourth-order valence-electron chi connectivity index (χ4n) is 2.12. The lowest BCUT2D eigenvalue weighted by Crippen LogP contribution is -2.02. The zero-order chi connectivity index (χ0) is 15.9. The molecular weight excluding hydrogens is 274 g/mol. The summed E-state index contributed by atoms with van der Waals surface area (Å²) in [5.41, 5.74) is 2.39. The zero-order valence-corrected chi connectivity index (χ0v) is 12.7. The van der Waals surface area contributed by atoms with Crippen LogP contribution in [0.25, 0.3) is 6.08 Å². The van der Waals surface area contributed by atoms with E-state index in [1.165, 1.54) is 0 Å². The number of carbonyl (C=O) groups is 1. The molecule has 0 saturated heterocycles. The van der Waals surface area contributed by atoms with Crippen LogP contribution in [0.1, 0.15) is 28.4 Å². The number of ether oxygens (including phenoxy) is 1. The second-order valence-corrected chi connectivity index (χ2v) is 4.87. The van der Waals surface area contributed by atoms with Gasteiger partial charge in [0, 0.05) is 5.56 Å². The van der Waals surface area contributed by atoms with Crippen LogP contribution in [0.2, 0.25) is 0 Å². The predicted molar refractivity (Wildman–Crippen MR) is 86.7 cm³/mol. The third kappa shape index (κ3) is 3.83. The number of aryl methyl sites for hydroxylation is 1. The number of benzene rings is 2. The van der Waals surface area contributed by atoms with Crippen LogP contribution in [0.15, 0.2) is 54.1 Å². The average Bonchev–Trinajstić information content (AvgIpc) is 2.53. The zero-order valence-electron chi connectivity index (χ0n) is 12.7. The molecule has 3 heteroatoms. The fraction of sp³-hybridized carbons (Fsp3) is 0.158. The second-order valence-electron chi connectivity index (χ2n) is 4.87. The van der Waals surface area contributed by atoms with Gasteiger partial charge in [-0.25, -0.2) is 0 Å². The van der Waals surface area contributed by atoms with Crippen molar-refractivity contribution in [2.24, 2.45) is 0 Å². The molecule has 2 rings (SSSR count). The monoisotopic (exact) mass is 291 g/mol. The van der Waals surface area contributed by atoms with E-state index >= 15 is 0 Å². The van der Waals surface area contributed by atoms with Crippen molar-refractivity contribution in [1.29, 1.82) is 5.26 Å². The molecule has 110 valence electrons. The van der Waals surface area contributed by atoms with Crippen LogP contribution in [-0.2, 0) is 0 Å². The molecule has 3 nitrogen and oxygen atoms in total. The minimum atomic E-state index is -0.270. The van der Waals surface area contributed by atoms with Crippen LogP contribution in [-0.4, -0.2) is 12.4 Å². The highest BCUT2D eigenvalue weighted by molar-refractivity contribution is 6.14. The molecule has 0 atom stereocenters. The van der Waals surface area contributed by atoms with E-state index in [4.69, 9.17) is 4.74 Å². The van der Waals surface area contributed by atoms with E-state index in [1.807, 2.05) is 56.3 Å². The summed E-state index contributed by atoms with van der Waals surface area (Å²) in [4.78, 5) is 12.4. The van der Waals surface area contributed by atoms with Gasteiger partial charge in [0.05, 0.1) is 6.61 Å². The van der Waals surface area contributed by atoms with Gasteiger partial charge in [0.2, 0.25) is 5.78 Å². The number of nitriles is 1. The Balaban J connectivity index is 2.33. The van der Waals surface area contributed by atoms with Crippen molar-refractivity contribution in [1.82, 2.24) is 0 Å². The molecule has 0 bridgehead atoms. The second kappa shape index (κ2) is 7.24. The van der Waals surface area contributed by atoms with Crippen LogP contribution in [0.5, 0.6) is 5.75 Å². The lowest BCUT2D eigenvalue weighted by Gasteiger charge is -2.04. The summed E-state index contributed by atoms with van der Waals surface area (Å²) >= 11 is 0. The summed E-state index contributed by atoms with van der Waals surface area (Å²) in [6, 6.07) is 16.5. The first kappa shape index (κ1) is 15.5. The van der Waals surface area contributed by atoms with E-state index in [2.05, 4.69) is 0 Å². The Morgan fingerprint density at radius 1 is 1.23 bits per heavy atom. The number of rotatable bonds is 5. The molecule has 0 aliphatic carbocycles. The van der Waals surface area contributed by atoms with Gasteiger partial charge in [-0.05, 0) is 43.7 Å². The van der Waals surface area contributed by atoms with Gasteiger partial charge in [0.1, 0.15) is 17.4 Å². The molecule has 0 fully saturated rings. The molecule has 0 radical (unpaired) electrons. The Hall–Kier alpha value is -2.86. The van der Waals surface area contributed by atoms with Crippen LogP contribution < -0.4 is 4.74 Å². The standard InChI is InChI=1S/C19H17NO2/c1-3-22-18-9-5-7-15(12-18)11-17(13-20)19(21)16-8-4-6-14(2)10-16/h4-12H,3H2,1-2H3/b17-11+. The lowest BCUT2D eigenvalue weighted by atomic mass is 10.0. The van der Waals surface area contributed by atoms with E-state index in [1.54, 1.807) is 18.2 Å². The Kier molecular flexibility index (Phi) is 5.11. The molecule has 22 heavy (non-hydrogen) atoms. The molecule has 2 aromatic carbocycles. The van der Waals surface area contributed by atoms with E-state index in [9.17, 15) is 10.1 Å². The largest absolute Gasteiger partial charge is 0.494 e. The minimum absolute atomic E-state index is 0.110. The maximum absolute atomic E-state index is 12.4. The van der Waals surface area contributed by atoms with Crippen molar-refractivity contribution >= 4 is 11.9 Å². The van der Waals surface area contributed by atoms with Crippen molar-refractivity contribution in [3.63, 3.8) is 0 Å². The van der Waals surface area contributed by atoms with Gasteiger partial charge in [-0.3, -0.25) is 4.79 Å². The first-order valence-electron chi connectivity index (χ1n) is 7.10. The van der Waals surface area contributed by atoms with Gasteiger partial charge in [-0.2, -0.15) is 5.26 Å². The molecule has 0 aromatic heterocycles. The van der Waals surface area contributed by atoms with Crippen molar-refractivity contribution in [3.8, 4) is 11.8 Å². The first-order valence-corrected chi connectivity index (χ1v) is 7.10. The Morgan fingerprint density at radius 3 is 2.68 bits per heavy atom. The molecule has 0 heterocycles. The molecular formula is C19H17NO2. The smallest absolute Gasteiger partial charge is 0.203 e. The Morgan fingerprint density at radius 2 is 2.00 bits per heavy atom. The molecule has 0 N–H and O–H groups in total. The Labute approximate surface area is 130 Å². The summed E-state index contributed by atoms with van der Waals surface area (Å²) in [6.45, 7) is 4.39. The molecule has 0 spiro atoms. The molecule has 0 amide bonds. The Bertz CT molecular complexity index is 754. The summed E-state index contributed by atoms with van der Waals surface area (Å²) < 4.78 is 5.43. The SMILES string of the molecule is CCOc1cccc(/C=C(\C#N)C(=O)c2cccc(C)c2)c1. The van der Waals surface area contributed by atoms with Gasteiger partial charge >= 0.3 is 0 Å². The topological polar surface area (TPSA) is 50.1 Å². The number of carbonyl (C=O) groups excluding carboxylic acids is 1. The van der Waals surface area contributed by atoms with Gasteiger partial charge in [0.15, 0.2) is 0 Å². The molecule has 0 aliphatic rings. The van der Waals surface area contributed by atoms with Gasteiger partial charge < -0.3 is 4.74 Å². The summed E-state index contributed by atoms with van der Waals surface area (Å²) in [7, 11) is 0. The minimum Gasteiger partial charge on any atom is -0.494 e. The number of hydrogen-bond donors (Lipinski definition) is 0. The molecule has 0 aliphatic heterocycles. The highest BCUT2D eigenvalue weighted by atomic mass is 16.5. The van der Waals surface area contributed by atoms with Crippen LogP contribution in [0, 0.1) is 18.3 Å². The van der Waals surface area contributed by atoms with Gasteiger partial charge in [0.25, 0.3) is 0 Å².